The fraction of sp³-hybridized carbons (Fsp3) is 0.294. The molecule has 1 aromatic carbocycles. The number of hydrogen-bond donors (Lipinski definition) is 1. The fourth-order valence-corrected chi connectivity index (χ4v) is 2.11. The molecule has 0 fully saturated rings. The van der Waals surface area contributed by atoms with Gasteiger partial charge in [0.25, 0.3) is 5.91 Å². The van der Waals surface area contributed by atoms with Crippen LogP contribution in [0, 0.1) is 6.92 Å². The fourth-order valence-electron chi connectivity index (χ4n) is 2.11. The summed E-state index contributed by atoms with van der Waals surface area (Å²) in [4.78, 5) is 25.8. The first-order valence-electron chi connectivity index (χ1n) is 7.12. The molecule has 0 saturated carbocycles. The first-order chi connectivity index (χ1) is 10.5. The molecule has 1 atom stereocenters. The Hall–Kier alpha value is -2.56. The Morgan fingerprint density at radius 3 is 2.50 bits per heavy atom. The Bertz CT molecular complexity index is 632. The van der Waals surface area contributed by atoms with E-state index in [9.17, 15) is 9.59 Å². The lowest BCUT2D eigenvalue weighted by atomic mass is 10.1. The molecule has 116 valence electrons. The Kier molecular flexibility index (Phi) is 4.99. The first-order valence-corrected chi connectivity index (χ1v) is 7.12. The van der Waals surface area contributed by atoms with Gasteiger partial charge in [0.15, 0.2) is 5.76 Å². The molecule has 0 aliphatic heterocycles. The number of rotatable bonds is 5. The summed E-state index contributed by atoms with van der Waals surface area (Å²) in [5, 5.41) is 2.63. The van der Waals surface area contributed by atoms with Crippen LogP contribution >= 0.6 is 0 Å². The largest absolute Gasteiger partial charge is 0.459 e. The average Bonchev–Trinajstić information content (AvgIpc) is 3.03. The van der Waals surface area contributed by atoms with E-state index in [4.69, 9.17) is 4.42 Å². The van der Waals surface area contributed by atoms with Crippen LogP contribution in [0.15, 0.2) is 47.1 Å². The molecule has 22 heavy (non-hydrogen) atoms. The number of hydrogen-bond acceptors (Lipinski definition) is 3. The molecule has 2 rings (SSSR count). The Morgan fingerprint density at radius 2 is 1.91 bits per heavy atom. The monoisotopic (exact) mass is 300 g/mol. The highest BCUT2D eigenvalue weighted by atomic mass is 16.3. The van der Waals surface area contributed by atoms with Crippen LogP contribution < -0.4 is 5.32 Å². The molecule has 1 N–H and O–H groups in total. The zero-order chi connectivity index (χ0) is 16.1. The number of carbonyl (C=O) groups is 2. The molecular weight excluding hydrogens is 280 g/mol. The number of benzene rings is 1. The number of likely N-dealkylation sites (N-methyl/N-ethyl adjacent to an activating group) is 1. The highest BCUT2D eigenvalue weighted by molar-refractivity contribution is 5.95. The molecule has 0 spiro atoms. The van der Waals surface area contributed by atoms with E-state index in [0.29, 0.717) is 6.54 Å². The predicted molar refractivity (Wildman–Crippen MR) is 83.3 cm³/mol. The predicted octanol–water partition coefficient (Wildman–Crippen LogP) is 2.36. The van der Waals surface area contributed by atoms with E-state index < -0.39 is 11.9 Å². The van der Waals surface area contributed by atoms with Gasteiger partial charge >= 0.3 is 0 Å². The van der Waals surface area contributed by atoms with E-state index in [0.717, 1.165) is 5.56 Å². The van der Waals surface area contributed by atoms with E-state index in [1.165, 1.54) is 11.8 Å². The van der Waals surface area contributed by atoms with Crippen LogP contribution in [0.25, 0.3) is 0 Å². The second-order valence-electron chi connectivity index (χ2n) is 5.35. The molecule has 0 aliphatic carbocycles. The van der Waals surface area contributed by atoms with Crippen LogP contribution in [0.2, 0.25) is 0 Å². The molecule has 0 saturated heterocycles. The highest BCUT2D eigenvalue weighted by Crippen LogP contribution is 2.07. The van der Waals surface area contributed by atoms with Gasteiger partial charge in [0.1, 0.15) is 6.04 Å². The summed E-state index contributed by atoms with van der Waals surface area (Å²) >= 11 is 0. The minimum atomic E-state index is -0.618. The van der Waals surface area contributed by atoms with Gasteiger partial charge in [-0.3, -0.25) is 9.59 Å². The quantitative estimate of drug-likeness (QED) is 0.922. The summed E-state index contributed by atoms with van der Waals surface area (Å²) < 4.78 is 5.01. The highest BCUT2D eigenvalue weighted by Gasteiger charge is 2.21. The number of furan rings is 1. The third kappa shape index (κ3) is 3.97. The molecule has 1 heterocycles. The molecular formula is C17H20N2O3. The molecule has 0 aliphatic rings. The van der Waals surface area contributed by atoms with E-state index in [-0.39, 0.29) is 11.7 Å². The molecule has 2 aromatic rings. The lowest BCUT2D eigenvalue weighted by Gasteiger charge is -2.22. The topological polar surface area (TPSA) is 62.6 Å². The molecule has 2 amide bonds. The minimum Gasteiger partial charge on any atom is -0.459 e. The number of nitrogens with zero attached hydrogens (tertiary/aromatic N) is 1. The van der Waals surface area contributed by atoms with Crippen molar-refractivity contribution >= 4 is 11.8 Å². The van der Waals surface area contributed by atoms with Crippen molar-refractivity contribution in [1.82, 2.24) is 10.2 Å². The standard InChI is InChI=1S/C17H20N2O3/c1-12-6-8-14(9-7-12)11-19(3)17(21)13(2)18-16(20)15-5-4-10-22-15/h4-10,13H,11H2,1-3H3,(H,18,20)/t13-/m0/s1. The lowest BCUT2D eigenvalue weighted by molar-refractivity contribution is -0.132. The van der Waals surface area contributed by atoms with Crippen molar-refractivity contribution in [3.63, 3.8) is 0 Å². The number of aryl methyl sites for hydroxylation is 1. The molecule has 0 radical (unpaired) electrons. The minimum absolute atomic E-state index is 0.152. The van der Waals surface area contributed by atoms with Gasteiger partial charge in [-0.1, -0.05) is 29.8 Å². The molecule has 0 bridgehead atoms. The zero-order valence-corrected chi connectivity index (χ0v) is 13.0. The van der Waals surface area contributed by atoms with Gasteiger partial charge in [0.2, 0.25) is 5.91 Å². The van der Waals surface area contributed by atoms with Crippen LogP contribution in [0.3, 0.4) is 0 Å². The van der Waals surface area contributed by atoms with Crippen LogP contribution in [0.5, 0.6) is 0 Å². The molecule has 0 unspecified atom stereocenters. The van der Waals surface area contributed by atoms with Gasteiger partial charge in [-0.25, -0.2) is 0 Å². The van der Waals surface area contributed by atoms with E-state index in [2.05, 4.69) is 5.32 Å². The first kappa shape index (κ1) is 15.8. The van der Waals surface area contributed by atoms with Gasteiger partial charge in [0.05, 0.1) is 6.26 Å². The lowest BCUT2D eigenvalue weighted by Crippen LogP contribution is -2.45. The number of carbonyl (C=O) groups excluding carboxylic acids is 2. The van der Waals surface area contributed by atoms with Gasteiger partial charge in [-0.15, -0.1) is 0 Å². The third-order valence-corrected chi connectivity index (χ3v) is 3.38. The molecule has 5 heteroatoms. The van der Waals surface area contributed by atoms with Gasteiger partial charge in [-0.05, 0) is 31.5 Å². The van der Waals surface area contributed by atoms with Crippen molar-refractivity contribution in [3.05, 3.63) is 59.5 Å². The number of amides is 2. The Balaban J connectivity index is 1.92. The summed E-state index contributed by atoms with van der Waals surface area (Å²) in [5.41, 5.74) is 2.22. The van der Waals surface area contributed by atoms with Gasteiger partial charge < -0.3 is 14.6 Å². The van der Waals surface area contributed by atoms with Crippen molar-refractivity contribution in [3.8, 4) is 0 Å². The average molecular weight is 300 g/mol. The maximum atomic E-state index is 12.3. The second kappa shape index (κ2) is 6.93. The number of nitrogens with one attached hydrogen (secondary N) is 1. The Labute approximate surface area is 129 Å². The van der Waals surface area contributed by atoms with Gasteiger partial charge in [0, 0.05) is 13.6 Å². The van der Waals surface area contributed by atoms with Crippen LogP contribution in [0.4, 0.5) is 0 Å². The summed E-state index contributed by atoms with van der Waals surface area (Å²) in [6, 6.07) is 10.6. The summed E-state index contributed by atoms with van der Waals surface area (Å²) in [5.74, 6) is -0.351. The zero-order valence-electron chi connectivity index (χ0n) is 13.0. The van der Waals surface area contributed by atoms with E-state index >= 15 is 0 Å². The molecule has 1 aromatic heterocycles. The molecule has 5 nitrogen and oxygen atoms in total. The maximum Gasteiger partial charge on any atom is 0.287 e. The summed E-state index contributed by atoms with van der Waals surface area (Å²) in [7, 11) is 1.72. The van der Waals surface area contributed by atoms with Crippen LogP contribution in [0.1, 0.15) is 28.6 Å². The summed E-state index contributed by atoms with van der Waals surface area (Å²) in [6.45, 7) is 4.18. The third-order valence-electron chi connectivity index (χ3n) is 3.38. The summed E-state index contributed by atoms with van der Waals surface area (Å²) in [6.07, 6.45) is 1.42. The maximum absolute atomic E-state index is 12.3. The van der Waals surface area contributed by atoms with Crippen molar-refractivity contribution in [1.29, 1.82) is 0 Å². The van der Waals surface area contributed by atoms with Crippen molar-refractivity contribution in [2.75, 3.05) is 7.05 Å². The van der Waals surface area contributed by atoms with Crippen LogP contribution in [-0.2, 0) is 11.3 Å². The van der Waals surface area contributed by atoms with Gasteiger partial charge in [-0.2, -0.15) is 0 Å². The second-order valence-corrected chi connectivity index (χ2v) is 5.35. The van der Waals surface area contributed by atoms with Crippen LogP contribution in [-0.4, -0.2) is 29.8 Å². The van der Waals surface area contributed by atoms with E-state index in [1.54, 1.807) is 31.0 Å². The Morgan fingerprint density at radius 1 is 1.23 bits per heavy atom. The SMILES string of the molecule is Cc1ccc(CN(C)C(=O)[C@H](C)NC(=O)c2ccco2)cc1. The van der Waals surface area contributed by atoms with Crippen molar-refractivity contribution in [2.45, 2.75) is 26.4 Å². The normalized spacial score (nSPS) is 11.8. The van der Waals surface area contributed by atoms with Crippen molar-refractivity contribution < 1.29 is 14.0 Å². The smallest absolute Gasteiger partial charge is 0.287 e. The van der Waals surface area contributed by atoms with Crippen molar-refractivity contribution in [2.24, 2.45) is 0 Å². The van der Waals surface area contributed by atoms with E-state index in [1.807, 2.05) is 31.2 Å².